The van der Waals surface area contributed by atoms with Crippen LogP contribution in [0, 0.1) is 0 Å². The summed E-state index contributed by atoms with van der Waals surface area (Å²) in [6.07, 6.45) is 2.95. The monoisotopic (exact) mass is 431 g/mol. The van der Waals surface area contributed by atoms with Gasteiger partial charge < -0.3 is 19.9 Å². The summed E-state index contributed by atoms with van der Waals surface area (Å²) in [6.45, 7) is 0.861. The standard InChI is InChI=1S/C28H33NO3/c1-31-27-15-16-28(32-2)24-19-26(30)25(18-23(24)27)29-17-9-14-22(20-10-5-3-6-11-20)21-12-7-4-8-13-21/h3-8,10-13,15-16,22,25-26,29-30H,9,14,17-19H2,1-2H3/t25-,26-/m1/s1. The van der Waals surface area contributed by atoms with Crippen LogP contribution < -0.4 is 14.8 Å². The molecule has 168 valence electrons. The zero-order valence-electron chi connectivity index (χ0n) is 19.0. The van der Waals surface area contributed by atoms with Crippen molar-refractivity contribution in [1.29, 1.82) is 0 Å². The Balaban J connectivity index is 1.40. The molecule has 1 aliphatic carbocycles. The maximum atomic E-state index is 10.8. The van der Waals surface area contributed by atoms with E-state index in [0.29, 0.717) is 12.3 Å². The summed E-state index contributed by atoms with van der Waals surface area (Å²) in [5.74, 6) is 2.07. The van der Waals surface area contributed by atoms with Crippen LogP contribution in [0.2, 0.25) is 0 Å². The fourth-order valence-corrected chi connectivity index (χ4v) is 4.89. The number of nitrogens with one attached hydrogen (secondary N) is 1. The van der Waals surface area contributed by atoms with Gasteiger partial charge >= 0.3 is 0 Å². The summed E-state index contributed by atoms with van der Waals surface area (Å²) in [5.41, 5.74) is 4.90. The maximum absolute atomic E-state index is 10.8. The molecular formula is C28H33NO3. The van der Waals surface area contributed by atoms with Crippen molar-refractivity contribution < 1.29 is 14.6 Å². The van der Waals surface area contributed by atoms with Crippen molar-refractivity contribution in [2.24, 2.45) is 0 Å². The molecule has 0 fully saturated rings. The zero-order chi connectivity index (χ0) is 22.3. The van der Waals surface area contributed by atoms with E-state index in [1.807, 2.05) is 12.1 Å². The minimum Gasteiger partial charge on any atom is -0.496 e. The van der Waals surface area contributed by atoms with Crippen molar-refractivity contribution in [3.05, 3.63) is 95.1 Å². The molecule has 3 aromatic rings. The summed E-state index contributed by atoms with van der Waals surface area (Å²) in [7, 11) is 3.37. The van der Waals surface area contributed by atoms with Crippen LogP contribution in [0.3, 0.4) is 0 Å². The third-order valence-electron chi connectivity index (χ3n) is 6.57. The van der Waals surface area contributed by atoms with Crippen LogP contribution in [-0.2, 0) is 12.8 Å². The average molecular weight is 432 g/mol. The highest BCUT2D eigenvalue weighted by atomic mass is 16.5. The number of benzene rings is 3. The topological polar surface area (TPSA) is 50.7 Å². The highest BCUT2D eigenvalue weighted by Gasteiger charge is 2.30. The molecule has 0 radical (unpaired) electrons. The number of hydrogen-bond acceptors (Lipinski definition) is 4. The average Bonchev–Trinajstić information content (AvgIpc) is 2.84. The van der Waals surface area contributed by atoms with Gasteiger partial charge in [-0.1, -0.05) is 60.7 Å². The first kappa shape index (κ1) is 22.4. The van der Waals surface area contributed by atoms with Crippen molar-refractivity contribution in [3.63, 3.8) is 0 Å². The molecule has 4 rings (SSSR count). The molecule has 32 heavy (non-hydrogen) atoms. The summed E-state index contributed by atoms with van der Waals surface area (Å²) < 4.78 is 11.1. The van der Waals surface area contributed by atoms with E-state index >= 15 is 0 Å². The first-order valence-corrected chi connectivity index (χ1v) is 11.4. The Morgan fingerprint density at radius 1 is 0.812 bits per heavy atom. The van der Waals surface area contributed by atoms with Gasteiger partial charge in [0, 0.05) is 29.5 Å². The molecule has 0 spiro atoms. The number of hydrogen-bond donors (Lipinski definition) is 2. The number of ether oxygens (including phenoxy) is 2. The van der Waals surface area contributed by atoms with Crippen LogP contribution >= 0.6 is 0 Å². The van der Waals surface area contributed by atoms with Gasteiger partial charge in [0.05, 0.1) is 20.3 Å². The van der Waals surface area contributed by atoms with Crippen LogP contribution in [-0.4, -0.2) is 38.0 Å². The fraction of sp³-hybridized carbons (Fsp3) is 0.357. The zero-order valence-corrected chi connectivity index (χ0v) is 19.0. The molecule has 2 N–H and O–H groups in total. The first-order chi connectivity index (χ1) is 15.7. The van der Waals surface area contributed by atoms with E-state index in [9.17, 15) is 5.11 Å². The molecule has 0 saturated heterocycles. The van der Waals surface area contributed by atoms with Gasteiger partial charge in [-0.25, -0.2) is 0 Å². The third kappa shape index (κ3) is 4.98. The number of aliphatic hydroxyl groups excluding tert-OH is 1. The Bertz CT molecular complexity index is 951. The van der Waals surface area contributed by atoms with E-state index in [0.717, 1.165) is 48.4 Å². The van der Waals surface area contributed by atoms with Crippen molar-refractivity contribution >= 4 is 0 Å². The van der Waals surface area contributed by atoms with E-state index in [4.69, 9.17) is 9.47 Å². The highest BCUT2D eigenvalue weighted by molar-refractivity contribution is 5.51. The lowest BCUT2D eigenvalue weighted by Gasteiger charge is -2.32. The Hall–Kier alpha value is -2.82. The molecule has 0 unspecified atom stereocenters. The molecule has 1 aliphatic rings. The summed E-state index contributed by atoms with van der Waals surface area (Å²) in [4.78, 5) is 0. The van der Waals surface area contributed by atoms with Gasteiger partial charge in [-0.2, -0.15) is 0 Å². The second kappa shape index (κ2) is 10.7. The van der Waals surface area contributed by atoms with Gasteiger partial charge in [0.2, 0.25) is 0 Å². The van der Waals surface area contributed by atoms with Crippen molar-refractivity contribution in [1.82, 2.24) is 5.32 Å². The van der Waals surface area contributed by atoms with E-state index < -0.39 is 6.10 Å². The van der Waals surface area contributed by atoms with Gasteiger partial charge in [0.15, 0.2) is 0 Å². The van der Waals surface area contributed by atoms with Gasteiger partial charge in [0.1, 0.15) is 11.5 Å². The third-order valence-corrected chi connectivity index (χ3v) is 6.57. The fourth-order valence-electron chi connectivity index (χ4n) is 4.89. The molecule has 4 heteroatoms. The molecule has 0 aliphatic heterocycles. The molecule has 0 aromatic heterocycles. The lowest BCUT2D eigenvalue weighted by molar-refractivity contribution is 0.117. The van der Waals surface area contributed by atoms with Crippen molar-refractivity contribution in [3.8, 4) is 11.5 Å². The Morgan fingerprint density at radius 3 is 1.88 bits per heavy atom. The first-order valence-electron chi connectivity index (χ1n) is 11.4. The summed E-state index contributed by atoms with van der Waals surface area (Å²) in [6, 6.07) is 25.3. The van der Waals surface area contributed by atoms with Gasteiger partial charge in [-0.3, -0.25) is 0 Å². The normalized spacial score (nSPS) is 17.8. The molecule has 3 aromatic carbocycles. The molecule has 2 atom stereocenters. The lowest BCUT2D eigenvalue weighted by Crippen LogP contribution is -2.46. The Labute approximate surface area is 191 Å². The predicted octanol–water partition coefficient (Wildman–Crippen LogP) is 4.73. The maximum Gasteiger partial charge on any atom is 0.122 e. The van der Waals surface area contributed by atoms with Crippen LogP contribution in [0.5, 0.6) is 11.5 Å². The summed E-state index contributed by atoms with van der Waals surface area (Å²) >= 11 is 0. The van der Waals surface area contributed by atoms with E-state index in [1.165, 1.54) is 11.1 Å². The van der Waals surface area contributed by atoms with E-state index in [-0.39, 0.29) is 6.04 Å². The quantitative estimate of drug-likeness (QED) is 0.481. The molecule has 0 saturated carbocycles. The smallest absolute Gasteiger partial charge is 0.122 e. The number of rotatable bonds is 9. The predicted molar refractivity (Wildman–Crippen MR) is 129 cm³/mol. The molecule has 0 amide bonds. The molecular weight excluding hydrogens is 398 g/mol. The number of methoxy groups -OCH3 is 2. The Morgan fingerprint density at radius 2 is 1.34 bits per heavy atom. The number of aliphatic hydroxyl groups is 1. The van der Waals surface area contributed by atoms with Crippen LogP contribution in [0.25, 0.3) is 0 Å². The van der Waals surface area contributed by atoms with Crippen molar-refractivity contribution in [2.45, 2.75) is 43.7 Å². The van der Waals surface area contributed by atoms with Crippen LogP contribution in [0.1, 0.15) is 41.0 Å². The molecule has 0 bridgehead atoms. The van der Waals surface area contributed by atoms with Crippen LogP contribution in [0.4, 0.5) is 0 Å². The molecule has 4 nitrogen and oxygen atoms in total. The second-order valence-electron chi connectivity index (χ2n) is 8.48. The Kier molecular flexibility index (Phi) is 7.46. The lowest BCUT2D eigenvalue weighted by atomic mass is 9.84. The van der Waals surface area contributed by atoms with Gasteiger partial charge in [-0.15, -0.1) is 0 Å². The minimum atomic E-state index is -0.442. The minimum absolute atomic E-state index is 0.00964. The molecule has 0 heterocycles. The second-order valence-corrected chi connectivity index (χ2v) is 8.48. The van der Waals surface area contributed by atoms with E-state index in [2.05, 4.69) is 66.0 Å². The largest absolute Gasteiger partial charge is 0.496 e. The van der Waals surface area contributed by atoms with Crippen LogP contribution in [0.15, 0.2) is 72.8 Å². The van der Waals surface area contributed by atoms with E-state index in [1.54, 1.807) is 14.2 Å². The van der Waals surface area contributed by atoms with Gasteiger partial charge in [0.25, 0.3) is 0 Å². The van der Waals surface area contributed by atoms with Gasteiger partial charge in [-0.05, 0) is 49.1 Å². The SMILES string of the molecule is COc1ccc(OC)c2c1C[C@@H](O)[C@H](NCCCC(c1ccccc1)c1ccccc1)C2. The highest BCUT2D eigenvalue weighted by Crippen LogP contribution is 2.36. The summed E-state index contributed by atoms with van der Waals surface area (Å²) in [5, 5.41) is 14.4. The number of fused-ring (bicyclic) bond motifs is 1. The van der Waals surface area contributed by atoms with Crippen molar-refractivity contribution in [2.75, 3.05) is 20.8 Å².